The van der Waals surface area contributed by atoms with Crippen molar-refractivity contribution < 1.29 is 9.90 Å². The van der Waals surface area contributed by atoms with Crippen LogP contribution in [0.3, 0.4) is 0 Å². The maximum atomic E-state index is 11.0. The van der Waals surface area contributed by atoms with Gasteiger partial charge in [-0.15, -0.1) is 6.42 Å². The molecule has 0 saturated carbocycles. The number of terminal acetylenes is 1. The quantitative estimate of drug-likeness (QED) is 0.818. The van der Waals surface area contributed by atoms with Gasteiger partial charge in [-0.3, -0.25) is 0 Å². The molecule has 0 aromatic heterocycles. The van der Waals surface area contributed by atoms with E-state index in [2.05, 4.69) is 5.92 Å². The van der Waals surface area contributed by atoms with E-state index in [0.29, 0.717) is 23.8 Å². The van der Waals surface area contributed by atoms with Crippen molar-refractivity contribution in [2.45, 2.75) is 6.92 Å². The molecule has 1 aromatic rings. The van der Waals surface area contributed by atoms with E-state index in [0.717, 1.165) is 0 Å². The lowest BCUT2D eigenvalue weighted by atomic mass is 10.1. The fourth-order valence-electron chi connectivity index (χ4n) is 1.42. The fourth-order valence-corrected chi connectivity index (χ4v) is 1.59. The molecular weight excluding hydrogens is 226 g/mol. The summed E-state index contributed by atoms with van der Waals surface area (Å²) in [6.07, 6.45) is 5.23. The Balaban J connectivity index is 3.23. The molecule has 0 aliphatic rings. The van der Waals surface area contributed by atoms with Gasteiger partial charge in [0.1, 0.15) is 0 Å². The number of rotatable bonds is 4. The first-order valence-electron chi connectivity index (χ1n) is 4.81. The van der Waals surface area contributed by atoms with Crippen LogP contribution in [0.5, 0.6) is 0 Å². The van der Waals surface area contributed by atoms with Crippen LogP contribution in [-0.4, -0.2) is 24.2 Å². The Bertz CT molecular complexity index is 437. The Morgan fingerprint density at radius 3 is 2.81 bits per heavy atom. The Morgan fingerprint density at radius 1 is 1.62 bits per heavy atom. The topological polar surface area (TPSA) is 40.5 Å². The summed E-state index contributed by atoms with van der Waals surface area (Å²) in [5.74, 6) is 1.51. The van der Waals surface area contributed by atoms with Gasteiger partial charge in [-0.05, 0) is 25.1 Å². The van der Waals surface area contributed by atoms with Crippen LogP contribution in [0.15, 0.2) is 18.2 Å². The van der Waals surface area contributed by atoms with Gasteiger partial charge >= 0.3 is 5.97 Å². The summed E-state index contributed by atoms with van der Waals surface area (Å²) in [6.45, 7) is 2.89. The molecule has 3 nitrogen and oxygen atoms in total. The number of carbonyl (C=O) groups is 1. The standard InChI is InChI=1S/C12H12ClNO2/c1-3-7-14(4-2)11-8-9(13)5-6-10(11)12(15)16/h1,5-6,8H,4,7H2,2H3,(H,15,16). The van der Waals surface area contributed by atoms with E-state index in [1.807, 2.05) is 6.92 Å². The number of benzene rings is 1. The Hall–Kier alpha value is -1.66. The molecule has 0 spiro atoms. The van der Waals surface area contributed by atoms with Gasteiger partial charge in [0, 0.05) is 11.6 Å². The van der Waals surface area contributed by atoms with Crippen LogP contribution >= 0.6 is 11.6 Å². The van der Waals surface area contributed by atoms with Gasteiger partial charge in [-0.2, -0.15) is 0 Å². The summed E-state index contributed by atoms with van der Waals surface area (Å²) in [5.41, 5.74) is 0.766. The van der Waals surface area contributed by atoms with E-state index >= 15 is 0 Å². The van der Waals surface area contributed by atoms with E-state index in [1.54, 1.807) is 17.0 Å². The van der Waals surface area contributed by atoms with Gasteiger partial charge < -0.3 is 10.0 Å². The van der Waals surface area contributed by atoms with Gasteiger partial charge in [0.2, 0.25) is 0 Å². The lowest BCUT2D eigenvalue weighted by Gasteiger charge is -2.22. The first-order chi connectivity index (χ1) is 7.60. The van der Waals surface area contributed by atoms with Gasteiger partial charge in [0.15, 0.2) is 0 Å². The average molecular weight is 238 g/mol. The van der Waals surface area contributed by atoms with Crippen molar-refractivity contribution in [3.05, 3.63) is 28.8 Å². The predicted octanol–water partition coefficient (Wildman–Crippen LogP) is 2.50. The molecule has 0 bridgehead atoms. The summed E-state index contributed by atoms with van der Waals surface area (Å²) in [6, 6.07) is 4.66. The summed E-state index contributed by atoms with van der Waals surface area (Å²) in [5, 5.41) is 9.54. The molecule has 0 aliphatic carbocycles. The van der Waals surface area contributed by atoms with Crippen molar-refractivity contribution in [1.82, 2.24) is 0 Å². The number of hydrogen-bond donors (Lipinski definition) is 1. The highest BCUT2D eigenvalue weighted by Crippen LogP contribution is 2.24. The zero-order chi connectivity index (χ0) is 12.1. The first kappa shape index (κ1) is 12.4. The maximum Gasteiger partial charge on any atom is 0.337 e. The molecule has 1 rings (SSSR count). The number of carboxylic acid groups (broad SMARTS) is 1. The number of anilines is 1. The summed E-state index contributed by atoms with van der Waals surface area (Å²) >= 11 is 5.85. The molecule has 4 heteroatoms. The third-order valence-electron chi connectivity index (χ3n) is 2.19. The Labute approximate surface area is 99.6 Å². The van der Waals surface area contributed by atoms with Crippen LogP contribution in [-0.2, 0) is 0 Å². The lowest BCUT2D eigenvalue weighted by Crippen LogP contribution is -2.25. The minimum Gasteiger partial charge on any atom is -0.478 e. The van der Waals surface area contributed by atoms with Crippen LogP contribution in [0.25, 0.3) is 0 Å². The molecule has 0 heterocycles. The molecule has 1 N–H and O–H groups in total. The van der Waals surface area contributed by atoms with Crippen LogP contribution < -0.4 is 4.90 Å². The summed E-state index contributed by atoms with van der Waals surface area (Å²) < 4.78 is 0. The molecule has 1 aromatic carbocycles. The van der Waals surface area contributed by atoms with Crippen LogP contribution in [0.4, 0.5) is 5.69 Å². The van der Waals surface area contributed by atoms with Crippen molar-refractivity contribution in [3.63, 3.8) is 0 Å². The highest BCUT2D eigenvalue weighted by molar-refractivity contribution is 6.31. The largest absolute Gasteiger partial charge is 0.478 e. The molecule has 84 valence electrons. The molecule has 0 saturated heterocycles. The zero-order valence-corrected chi connectivity index (χ0v) is 9.66. The SMILES string of the molecule is C#CCN(CC)c1cc(Cl)ccc1C(=O)O. The molecule has 0 amide bonds. The van der Waals surface area contributed by atoms with E-state index in [4.69, 9.17) is 23.1 Å². The minimum atomic E-state index is -0.984. The molecule has 16 heavy (non-hydrogen) atoms. The van der Waals surface area contributed by atoms with Crippen molar-refractivity contribution in [1.29, 1.82) is 0 Å². The monoisotopic (exact) mass is 237 g/mol. The summed E-state index contributed by atoms with van der Waals surface area (Å²) in [4.78, 5) is 12.8. The maximum absolute atomic E-state index is 11.0. The summed E-state index contributed by atoms with van der Waals surface area (Å²) in [7, 11) is 0. The van der Waals surface area contributed by atoms with Gasteiger partial charge in [0.05, 0.1) is 17.8 Å². The predicted molar refractivity (Wildman–Crippen MR) is 65.1 cm³/mol. The van der Waals surface area contributed by atoms with Crippen molar-refractivity contribution in [3.8, 4) is 12.3 Å². The van der Waals surface area contributed by atoms with Crippen molar-refractivity contribution >= 4 is 23.3 Å². The third-order valence-corrected chi connectivity index (χ3v) is 2.43. The second-order valence-electron chi connectivity index (χ2n) is 3.18. The Kier molecular flexibility index (Phi) is 4.21. The van der Waals surface area contributed by atoms with E-state index in [1.165, 1.54) is 6.07 Å². The number of hydrogen-bond acceptors (Lipinski definition) is 2. The van der Waals surface area contributed by atoms with Crippen LogP contribution in [0.2, 0.25) is 5.02 Å². The molecule has 0 unspecified atom stereocenters. The third kappa shape index (κ3) is 2.68. The molecule has 0 atom stereocenters. The van der Waals surface area contributed by atoms with Crippen LogP contribution in [0, 0.1) is 12.3 Å². The molecule has 0 fully saturated rings. The second-order valence-corrected chi connectivity index (χ2v) is 3.62. The molecule has 0 aliphatic heterocycles. The highest BCUT2D eigenvalue weighted by Gasteiger charge is 2.14. The Morgan fingerprint density at radius 2 is 2.31 bits per heavy atom. The van der Waals surface area contributed by atoms with Gasteiger partial charge in [0.25, 0.3) is 0 Å². The van der Waals surface area contributed by atoms with Crippen molar-refractivity contribution in [2.24, 2.45) is 0 Å². The number of nitrogens with zero attached hydrogens (tertiary/aromatic N) is 1. The van der Waals surface area contributed by atoms with Gasteiger partial charge in [-0.1, -0.05) is 17.5 Å². The van der Waals surface area contributed by atoms with Crippen molar-refractivity contribution in [2.75, 3.05) is 18.0 Å². The first-order valence-corrected chi connectivity index (χ1v) is 5.19. The average Bonchev–Trinajstić information content (AvgIpc) is 2.25. The highest BCUT2D eigenvalue weighted by atomic mass is 35.5. The fraction of sp³-hybridized carbons (Fsp3) is 0.250. The van der Waals surface area contributed by atoms with E-state index in [9.17, 15) is 4.79 Å². The van der Waals surface area contributed by atoms with E-state index < -0.39 is 5.97 Å². The van der Waals surface area contributed by atoms with Crippen LogP contribution in [0.1, 0.15) is 17.3 Å². The number of aromatic carboxylic acids is 1. The normalized spacial score (nSPS) is 9.56. The second kappa shape index (κ2) is 5.43. The zero-order valence-electron chi connectivity index (χ0n) is 8.90. The smallest absolute Gasteiger partial charge is 0.337 e. The minimum absolute atomic E-state index is 0.210. The lowest BCUT2D eigenvalue weighted by molar-refractivity contribution is 0.0697. The van der Waals surface area contributed by atoms with Gasteiger partial charge in [-0.25, -0.2) is 4.79 Å². The number of halogens is 1. The number of carboxylic acids is 1. The van der Waals surface area contributed by atoms with E-state index in [-0.39, 0.29) is 5.56 Å². The molecule has 0 radical (unpaired) electrons. The molecular formula is C12H12ClNO2.